The zero-order chi connectivity index (χ0) is 14.0. The maximum absolute atomic E-state index is 12.8. The van der Waals surface area contributed by atoms with E-state index in [2.05, 4.69) is 0 Å². The van der Waals surface area contributed by atoms with Gasteiger partial charge in [-0.25, -0.2) is 8.42 Å². The predicted molar refractivity (Wildman–Crippen MR) is 73.0 cm³/mol. The molecule has 2 unspecified atom stereocenters. The molecule has 0 aliphatic carbocycles. The molecule has 2 rings (SSSR count). The van der Waals surface area contributed by atoms with E-state index in [9.17, 15) is 8.42 Å². The molecule has 0 bridgehead atoms. The van der Waals surface area contributed by atoms with Crippen LogP contribution in [0.2, 0.25) is 0 Å². The minimum atomic E-state index is -3.58. The number of benzene rings is 1. The summed E-state index contributed by atoms with van der Waals surface area (Å²) in [7, 11) is -3.58. The lowest BCUT2D eigenvalue weighted by Crippen LogP contribution is -2.39. The standard InChI is InChI=1S/C14H18N2O2S/c1-3-13-9-8-11(2)16(13)19(17,18)14-7-5-4-6-12(14)10-15/h4-7,11,13H,3,8-9H2,1-2H3. The Bertz CT molecular complexity index is 604. The van der Waals surface area contributed by atoms with Crippen LogP contribution in [-0.2, 0) is 10.0 Å². The van der Waals surface area contributed by atoms with E-state index in [1.807, 2.05) is 19.9 Å². The van der Waals surface area contributed by atoms with Crippen LogP contribution in [0.25, 0.3) is 0 Å². The monoisotopic (exact) mass is 278 g/mol. The van der Waals surface area contributed by atoms with Crippen molar-refractivity contribution in [1.29, 1.82) is 5.26 Å². The Morgan fingerprint density at radius 3 is 2.68 bits per heavy atom. The smallest absolute Gasteiger partial charge is 0.207 e. The summed E-state index contributed by atoms with van der Waals surface area (Å²) in [6.45, 7) is 3.93. The van der Waals surface area contributed by atoms with E-state index >= 15 is 0 Å². The highest BCUT2D eigenvalue weighted by Gasteiger charge is 2.39. The molecule has 1 fully saturated rings. The molecule has 0 N–H and O–H groups in total. The zero-order valence-corrected chi connectivity index (χ0v) is 12.0. The largest absolute Gasteiger partial charge is 0.244 e. The van der Waals surface area contributed by atoms with Crippen LogP contribution < -0.4 is 0 Å². The highest BCUT2D eigenvalue weighted by molar-refractivity contribution is 7.89. The van der Waals surface area contributed by atoms with Gasteiger partial charge in [0.15, 0.2) is 0 Å². The summed E-state index contributed by atoms with van der Waals surface area (Å²) in [5.74, 6) is 0. The Hall–Kier alpha value is -1.38. The van der Waals surface area contributed by atoms with Crippen LogP contribution in [0.4, 0.5) is 0 Å². The fraction of sp³-hybridized carbons (Fsp3) is 0.500. The second-order valence-corrected chi connectivity index (χ2v) is 6.74. The lowest BCUT2D eigenvalue weighted by molar-refractivity contribution is 0.328. The number of hydrogen-bond donors (Lipinski definition) is 0. The molecule has 0 radical (unpaired) electrons. The summed E-state index contributed by atoms with van der Waals surface area (Å²) >= 11 is 0. The Labute approximate surface area is 114 Å². The van der Waals surface area contributed by atoms with E-state index in [4.69, 9.17) is 5.26 Å². The number of hydrogen-bond acceptors (Lipinski definition) is 3. The lowest BCUT2D eigenvalue weighted by atomic mass is 10.2. The SMILES string of the molecule is CCC1CCC(C)N1S(=O)(=O)c1ccccc1C#N. The highest BCUT2D eigenvalue weighted by Crippen LogP contribution is 2.33. The van der Waals surface area contributed by atoms with E-state index in [1.54, 1.807) is 22.5 Å². The van der Waals surface area contributed by atoms with Crippen molar-refractivity contribution in [2.24, 2.45) is 0 Å². The zero-order valence-electron chi connectivity index (χ0n) is 11.2. The Morgan fingerprint density at radius 2 is 2.05 bits per heavy atom. The first-order chi connectivity index (χ1) is 9.02. The minimum Gasteiger partial charge on any atom is -0.207 e. The third kappa shape index (κ3) is 2.38. The molecule has 0 spiro atoms. The average Bonchev–Trinajstić information content (AvgIpc) is 2.80. The van der Waals surface area contributed by atoms with E-state index in [-0.39, 0.29) is 22.5 Å². The van der Waals surface area contributed by atoms with Crippen molar-refractivity contribution in [3.63, 3.8) is 0 Å². The van der Waals surface area contributed by atoms with Gasteiger partial charge in [0.05, 0.1) is 10.5 Å². The van der Waals surface area contributed by atoms with Gasteiger partial charge in [0.2, 0.25) is 10.0 Å². The van der Waals surface area contributed by atoms with Gasteiger partial charge in [-0.05, 0) is 38.3 Å². The fourth-order valence-electron chi connectivity index (χ4n) is 2.76. The molecule has 0 aromatic heterocycles. The van der Waals surface area contributed by atoms with Crippen molar-refractivity contribution in [2.45, 2.75) is 50.1 Å². The summed E-state index contributed by atoms with van der Waals surface area (Å²) in [4.78, 5) is 0.129. The van der Waals surface area contributed by atoms with Gasteiger partial charge in [-0.1, -0.05) is 19.1 Å². The number of nitriles is 1. The molecule has 0 saturated carbocycles. The summed E-state index contributed by atoms with van der Waals surface area (Å²) in [6.07, 6.45) is 2.58. The summed E-state index contributed by atoms with van der Waals surface area (Å²) in [5, 5.41) is 9.08. The van der Waals surface area contributed by atoms with Gasteiger partial charge in [-0.2, -0.15) is 9.57 Å². The van der Waals surface area contributed by atoms with Crippen LogP contribution in [0.3, 0.4) is 0 Å². The van der Waals surface area contributed by atoms with Crippen LogP contribution >= 0.6 is 0 Å². The normalized spacial score (nSPS) is 24.3. The first-order valence-corrected chi connectivity index (χ1v) is 7.99. The van der Waals surface area contributed by atoms with Gasteiger partial charge >= 0.3 is 0 Å². The van der Waals surface area contributed by atoms with Gasteiger partial charge in [-0.3, -0.25) is 0 Å². The number of sulfonamides is 1. The van der Waals surface area contributed by atoms with Crippen LogP contribution in [0.1, 0.15) is 38.7 Å². The Balaban J connectivity index is 2.51. The van der Waals surface area contributed by atoms with E-state index in [1.165, 1.54) is 6.07 Å². The maximum atomic E-state index is 12.8. The third-order valence-electron chi connectivity index (χ3n) is 3.75. The van der Waals surface area contributed by atoms with Crippen molar-refractivity contribution in [3.05, 3.63) is 29.8 Å². The van der Waals surface area contributed by atoms with Gasteiger partial charge in [0.1, 0.15) is 6.07 Å². The molecule has 1 aromatic carbocycles. The van der Waals surface area contributed by atoms with E-state index in [0.29, 0.717) is 0 Å². The number of rotatable bonds is 3. The van der Waals surface area contributed by atoms with Crippen LogP contribution in [0.15, 0.2) is 29.2 Å². The van der Waals surface area contributed by atoms with Crippen molar-refractivity contribution >= 4 is 10.0 Å². The minimum absolute atomic E-state index is 0.00157. The van der Waals surface area contributed by atoms with Gasteiger partial charge < -0.3 is 0 Å². The van der Waals surface area contributed by atoms with Crippen LogP contribution in [0, 0.1) is 11.3 Å². The second-order valence-electron chi connectivity index (χ2n) is 4.93. The molecule has 19 heavy (non-hydrogen) atoms. The van der Waals surface area contributed by atoms with Crippen LogP contribution in [-0.4, -0.2) is 24.8 Å². The average molecular weight is 278 g/mol. The van der Waals surface area contributed by atoms with E-state index < -0.39 is 10.0 Å². The van der Waals surface area contributed by atoms with Gasteiger partial charge in [0.25, 0.3) is 0 Å². The molecule has 1 aliphatic heterocycles. The van der Waals surface area contributed by atoms with Crippen molar-refractivity contribution in [2.75, 3.05) is 0 Å². The highest BCUT2D eigenvalue weighted by atomic mass is 32.2. The van der Waals surface area contributed by atoms with E-state index in [0.717, 1.165) is 19.3 Å². The third-order valence-corrected chi connectivity index (χ3v) is 5.87. The molecule has 1 aromatic rings. The molecule has 0 amide bonds. The molecule has 102 valence electrons. The predicted octanol–water partition coefficient (Wildman–Crippen LogP) is 2.51. The van der Waals surface area contributed by atoms with Crippen molar-refractivity contribution < 1.29 is 8.42 Å². The molecule has 2 atom stereocenters. The number of nitrogens with zero attached hydrogens (tertiary/aromatic N) is 2. The molecule has 1 saturated heterocycles. The quantitative estimate of drug-likeness (QED) is 0.853. The summed E-state index contributed by atoms with van der Waals surface area (Å²) < 4.78 is 27.1. The second kappa shape index (κ2) is 5.32. The Morgan fingerprint density at radius 1 is 1.37 bits per heavy atom. The molecule has 1 aliphatic rings. The molecular formula is C14H18N2O2S. The van der Waals surface area contributed by atoms with Crippen LogP contribution in [0.5, 0.6) is 0 Å². The van der Waals surface area contributed by atoms with Gasteiger partial charge in [-0.15, -0.1) is 0 Å². The maximum Gasteiger partial charge on any atom is 0.244 e. The topological polar surface area (TPSA) is 61.2 Å². The van der Waals surface area contributed by atoms with Crippen molar-refractivity contribution in [3.8, 4) is 6.07 Å². The Kier molecular flexibility index (Phi) is 3.93. The summed E-state index contributed by atoms with van der Waals surface area (Å²) in [6, 6.07) is 8.43. The first kappa shape index (κ1) is 14.0. The molecule has 5 heteroatoms. The van der Waals surface area contributed by atoms with Crippen molar-refractivity contribution in [1.82, 2.24) is 4.31 Å². The molecular weight excluding hydrogens is 260 g/mol. The lowest BCUT2D eigenvalue weighted by Gasteiger charge is -2.27. The van der Waals surface area contributed by atoms with Gasteiger partial charge in [0, 0.05) is 12.1 Å². The molecule has 4 nitrogen and oxygen atoms in total. The summed E-state index contributed by atoms with van der Waals surface area (Å²) in [5.41, 5.74) is 0.219. The first-order valence-electron chi connectivity index (χ1n) is 6.55. The molecule has 1 heterocycles. The fourth-order valence-corrected chi connectivity index (χ4v) is 4.86.